The van der Waals surface area contributed by atoms with Gasteiger partial charge in [-0.1, -0.05) is 0 Å². The van der Waals surface area contributed by atoms with Crippen LogP contribution in [0.2, 0.25) is 0 Å². The SMILES string of the molecule is O=[N+]([O-])c1ccc(N=Nc2ccc(N3CCNCC3)cc2)cc1. The van der Waals surface area contributed by atoms with E-state index in [0.29, 0.717) is 5.69 Å². The molecule has 0 saturated carbocycles. The van der Waals surface area contributed by atoms with Crippen LogP contribution in [0.15, 0.2) is 58.8 Å². The van der Waals surface area contributed by atoms with Gasteiger partial charge in [0.05, 0.1) is 16.3 Å². The lowest BCUT2D eigenvalue weighted by molar-refractivity contribution is -0.384. The van der Waals surface area contributed by atoms with Crippen LogP contribution in [0.4, 0.5) is 22.7 Å². The molecule has 2 aromatic rings. The molecule has 0 aliphatic carbocycles. The van der Waals surface area contributed by atoms with Crippen LogP contribution in [-0.2, 0) is 0 Å². The first kappa shape index (κ1) is 15.1. The second kappa shape index (κ2) is 6.97. The van der Waals surface area contributed by atoms with Gasteiger partial charge in [0.25, 0.3) is 5.69 Å². The third-order valence-corrected chi connectivity index (χ3v) is 3.67. The Morgan fingerprint density at radius 1 is 0.913 bits per heavy atom. The minimum atomic E-state index is -0.435. The lowest BCUT2D eigenvalue weighted by Gasteiger charge is -2.29. The van der Waals surface area contributed by atoms with Gasteiger partial charge in [0.2, 0.25) is 0 Å². The van der Waals surface area contributed by atoms with Crippen molar-refractivity contribution in [3.63, 3.8) is 0 Å². The van der Waals surface area contributed by atoms with E-state index >= 15 is 0 Å². The van der Waals surface area contributed by atoms with Crippen molar-refractivity contribution in [2.24, 2.45) is 10.2 Å². The Kier molecular flexibility index (Phi) is 4.58. The topological polar surface area (TPSA) is 83.1 Å². The van der Waals surface area contributed by atoms with Crippen LogP contribution in [0, 0.1) is 10.1 Å². The number of hydrogen-bond donors (Lipinski definition) is 1. The number of benzene rings is 2. The average molecular weight is 311 g/mol. The minimum absolute atomic E-state index is 0.0457. The Morgan fingerprint density at radius 2 is 1.43 bits per heavy atom. The summed E-state index contributed by atoms with van der Waals surface area (Å²) in [6.07, 6.45) is 0. The van der Waals surface area contributed by atoms with E-state index in [1.165, 1.54) is 17.8 Å². The summed E-state index contributed by atoms with van der Waals surface area (Å²) in [6.45, 7) is 4.01. The van der Waals surface area contributed by atoms with Crippen molar-refractivity contribution in [2.75, 3.05) is 31.1 Å². The first-order chi connectivity index (χ1) is 11.2. The van der Waals surface area contributed by atoms with E-state index in [9.17, 15) is 10.1 Å². The quantitative estimate of drug-likeness (QED) is 0.533. The summed E-state index contributed by atoms with van der Waals surface area (Å²) < 4.78 is 0. The van der Waals surface area contributed by atoms with Crippen molar-refractivity contribution < 1.29 is 4.92 Å². The molecule has 0 spiro atoms. The molecule has 0 atom stereocenters. The van der Waals surface area contributed by atoms with Crippen molar-refractivity contribution in [1.29, 1.82) is 0 Å². The number of azo groups is 1. The lowest BCUT2D eigenvalue weighted by atomic mass is 10.2. The highest BCUT2D eigenvalue weighted by Gasteiger charge is 2.09. The standard InChI is InChI=1S/C16H17N5O2/c22-21(23)16-7-3-14(4-8-16)19-18-13-1-5-15(6-2-13)20-11-9-17-10-12-20/h1-8,17H,9-12H2. The van der Waals surface area contributed by atoms with Crippen LogP contribution in [0.1, 0.15) is 0 Å². The van der Waals surface area contributed by atoms with Crippen molar-refractivity contribution in [2.45, 2.75) is 0 Å². The first-order valence-electron chi connectivity index (χ1n) is 7.44. The van der Waals surface area contributed by atoms with Crippen LogP contribution in [0.25, 0.3) is 0 Å². The Labute approximate surface area is 133 Å². The fourth-order valence-electron chi connectivity index (χ4n) is 2.41. The van der Waals surface area contributed by atoms with Gasteiger partial charge in [-0.3, -0.25) is 10.1 Å². The number of piperazine rings is 1. The number of non-ortho nitro benzene ring substituents is 1. The molecule has 1 heterocycles. The molecule has 0 aromatic heterocycles. The first-order valence-corrected chi connectivity index (χ1v) is 7.44. The molecule has 1 N–H and O–H groups in total. The molecular weight excluding hydrogens is 294 g/mol. The van der Waals surface area contributed by atoms with E-state index in [2.05, 4.69) is 20.4 Å². The molecule has 1 aliphatic heterocycles. The molecule has 23 heavy (non-hydrogen) atoms. The molecule has 0 radical (unpaired) electrons. The van der Waals surface area contributed by atoms with Crippen LogP contribution in [0.5, 0.6) is 0 Å². The number of nitrogens with one attached hydrogen (secondary N) is 1. The van der Waals surface area contributed by atoms with Gasteiger partial charge in [-0.25, -0.2) is 0 Å². The van der Waals surface area contributed by atoms with Gasteiger partial charge in [-0.15, -0.1) is 0 Å². The van der Waals surface area contributed by atoms with Gasteiger partial charge in [0, 0.05) is 44.0 Å². The molecule has 0 bridgehead atoms. The van der Waals surface area contributed by atoms with Crippen LogP contribution in [0.3, 0.4) is 0 Å². The van der Waals surface area contributed by atoms with Gasteiger partial charge in [-0.2, -0.15) is 10.2 Å². The third kappa shape index (κ3) is 3.89. The highest BCUT2D eigenvalue weighted by atomic mass is 16.6. The third-order valence-electron chi connectivity index (χ3n) is 3.67. The Hall–Kier alpha value is -2.80. The molecule has 1 fully saturated rings. The summed E-state index contributed by atoms with van der Waals surface area (Å²) in [5.74, 6) is 0. The number of anilines is 1. The van der Waals surface area contributed by atoms with E-state index in [4.69, 9.17) is 0 Å². The Bertz CT molecular complexity index is 691. The van der Waals surface area contributed by atoms with E-state index in [1.807, 2.05) is 24.3 Å². The predicted octanol–water partition coefficient (Wildman–Crippen LogP) is 3.42. The van der Waals surface area contributed by atoms with Crippen molar-refractivity contribution in [1.82, 2.24) is 5.32 Å². The summed E-state index contributed by atoms with van der Waals surface area (Å²) in [5, 5.41) is 22.2. The molecule has 0 amide bonds. The summed E-state index contributed by atoms with van der Waals surface area (Å²) in [7, 11) is 0. The highest BCUT2D eigenvalue weighted by Crippen LogP contribution is 2.23. The summed E-state index contributed by atoms with van der Waals surface area (Å²) in [5.41, 5.74) is 2.56. The maximum Gasteiger partial charge on any atom is 0.269 e. The maximum atomic E-state index is 10.6. The monoisotopic (exact) mass is 311 g/mol. The summed E-state index contributed by atoms with van der Waals surface area (Å²) in [4.78, 5) is 12.5. The van der Waals surface area contributed by atoms with Gasteiger partial charge < -0.3 is 10.2 Å². The van der Waals surface area contributed by atoms with Gasteiger partial charge >= 0.3 is 0 Å². The second-order valence-electron chi connectivity index (χ2n) is 5.23. The normalized spacial score (nSPS) is 15.0. The zero-order valence-electron chi connectivity index (χ0n) is 12.6. The van der Waals surface area contributed by atoms with Gasteiger partial charge in [-0.05, 0) is 36.4 Å². The van der Waals surface area contributed by atoms with Crippen LogP contribution >= 0.6 is 0 Å². The lowest BCUT2D eigenvalue weighted by Crippen LogP contribution is -2.43. The molecule has 7 nitrogen and oxygen atoms in total. The number of rotatable bonds is 4. The van der Waals surface area contributed by atoms with Crippen molar-refractivity contribution in [3.05, 3.63) is 58.6 Å². The molecule has 1 saturated heterocycles. The molecule has 7 heteroatoms. The summed E-state index contributed by atoms with van der Waals surface area (Å²) >= 11 is 0. The number of nitro groups is 1. The number of nitrogens with zero attached hydrogens (tertiary/aromatic N) is 4. The van der Waals surface area contributed by atoms with E-state index in [0.717, 1.165) is 31.9 Å². The molecule has 3 rings (SSSR count). The van der Waals surface area contributed by atoms with Crippen molar-refractivity contribution in [3.8, 4) is 0 Å². The van der Waals surface area contributed by atoms with Gasteiger partial charge in [0.1, 0.15) is 0 Å². The largest absolute Gasteiger partial charge is 0.369 e. The van der Waals surface area contributed by atoms with Crippen LogP contribution in [-0.4, -0.2) is 31.1 Å². The number of nitro benzene ring substituents is 1. The van der Waals surface area contributed by atoms with Gasteiger partial charge in [0.15, 0.2) is 0 Å². The molecule has 0 unspecified atom stereocenters. The Balaban J connectivity index is 1.66. The van der Waals surface area contributed by atoms with Crippen molar-refractivity contribution >= 4 is 22.7 Å². The highest BCUT2D eigenvalue weighted by molar-refractivity contribution is 5.53. The number of hydrogen-bond acceptors (Lipinski definition) is 6. The Morgan fingerprint density at radius 3 is 1.96 bits per heavy atom. The fraction of sp³-hybridized carbons (Fsp3) is 0.250. The summed E-state index contributed by atoms with van der Waals surface area (Å²) in [6, 6.07) is 13.9. The van der Waals surface area contributed by atoms with E-state index < -0.39 is 4.92 Å². The zero-order chi connectivity index (χ0) is 16.1. The van der Waals surface area contributed by atoms with Crippen LogP contribution < -0.4 is 10.2 Å². The maximum absolute atomic E-state index is 10.6. The smallest absolute Gasteiger partial charge is 0.269 e. The molecular formula is C16H17N5O2. The zero-order valence-corrected chi connectivity index (χ0v) is 12.6. The average Bonchev–Trinajstić information content (AvgIpc) is 2.61. The molecule has 2 aromatic carbocycles. The second-order valence-corrected chi connectivity index (χ2v) is 5.23. The van der Waals surface area contributed by atoms with E-state index in [1.54, 1.807) is 12.1 Å². The minimum Gasteiger partial charge on any atom is -0.369 e. The predicted molar refractivity (Wildman–Crippen MR) is 88.8 cm³/mol. The molecule has 118 valence electrons. The molecule has 1 aliphatic rings. The van der Waals surface area contributed by atoms with E-state index in [-0.39, 0.29) is 5.69 Å². The fourth-order valence-corrected chi connectivity index (χ4v) is 2.41.